The molecule has 2 aliphatic rings. The van der Waals surface area contributed by atoms with Gasteiger partial charge in [0.15, 0.2) is 9.84 Å². The molecule has 0 bridgehead atoms. The van der Waals surface area contributed by atoms with Gasteiger partial charge in [0.25, 0.3) is 0 Å². The Hall–Kier alpha value is 0.220. The predicted octanol–water partition coefficient (Wildman–Crippen LogP) is 0.674. The largest absolute Gasteiger partial charge is 0.377 e. The molecule has 3 unspecified atom stereocenters. The third kappa shape index (κ3) is 4.12. The third-order valence-electron chi connectivity index (χ3n) is 3.41. The summed E-state index contributed by atoms with van der Waals surface area (Å²) in [5.74, 6) is 1.71. The van der Waals surface area contributed by atoms with Crippen molar-refractivity contribution in [2.75, 3.05) is 30.4 Å². The van der Waals surface area contributed by atoms with Gasteiger partial charge in [0, 0.05) is 30.2 Å². The Morgan fingerprint density at radius 2 is 2.24 bits per heavy atom. The fourth-order valence-electron chi connectivity index (χ4n) is 2.36. The molecule has 0 radical (unpaired) electrons. The van der Waals surface area contributed by atoms with Crippen LogP contribution < -0.4 is 5.32 Å². The topological polar surface area (TPSA) is 55.4 Å². The van der Waals surface area contributed by atoms with E-state index < -0.39 is 9.84 Å². The Morgan fingerprint density at radius 3 is 2.82 bits per heavy atom. The second-order valence-corrected chi connectivity index (χ2v) is 8.40. The molecule has 0 aromatic rings. The number of ether oxygens (including phenoxy) is 1. The van der Waals surface area contributed by atoms with Gasteiger partial charge in [-0.25, -0.2) is 8.42 Å². The van der Waals surface area contributed by atoms with Crippen LogP contribution in [-0.4, -0.2) is 56.2 Å². The van der Waals surface area contributed by atoms with Gasteiger partial charge in [0.2, 0.25) is 0 Å². The smallest absolute Gasteiger partial charge is 0.151 e. The SMILES string of the molecule is CC1OCCC1SCCNC1CCS(=O)(=O)C1. The Kier molecular flexibility index (Phi) is 4.74. The summed E-state index contributed by atoms with van der Waals surface area (Å²) < 4.78 is 28.0. The van der Waals surface area contributed by atoms with E-state index in [-0.39, 0.29) is 6.04 Å². The molecule has 0 spiro atoms. The molecular formula is C11H21NO3S2. The van der Waals surface area contributed by atoms with Crippen LogP contribution in [0.3, 0.4) is 0 Å². The molecule has 4 nitrogen and oxygen atoms in total. The first-order chi connectivity index (χ1) is 8.07. The first kappa shape index (κ1) is 13.6. The summed E-state index contributed by atoms with van der Waals surface area (Å²) in [6, 6.07) is 0.179. The first-order valence-electron chi connectivity index (χ1n) is 6.24. The van der Waals surface area contributed by atoms with Gasteiger partial charge >= 0.3 is 0 Å². The van der Waals surface area contributed by atoms with Crippen molar-refractivity contribution in [3.63, 3.8) is 0 Å². The van der Waals surface area contributed by atoms with Crippen molar-refractivity contribution >= 4 is 21.6 Å². The summed E-state index contributed by atoms with van der Waals surface area (Å²) in [4.78, 5) is 0. The van der Waals surface area contributed by atoms with Crippen molar-refractivity contribution in [2.24, 2.45) is 0 Å². The van der Waals surface area contributed by atoms with Crippen LogP contribution in [0.2, 0.25) is 0 Å². The lowest BCUT2D eigenvalue weighted by molar-refractivity contribution is 0.127. The zero-order valence-corrected chi connectivity index (χ0v) is 11.9. The lowest BCUT2D eigenvalue weighted by Gasteiger charge is -2.15. The summed E-state index contributed by atoms with van der Waals surface area (Å²) >= 11 is 1.94. The van der Waals surface area contributed by atoms with Crippen LogP contribution in [0.25, 0.3) is 0 Å². The normalized spacial score (nSPS) is 36.4. The van der Waals surface area contributed by atoms with Gasteiger partial charge in [-0.2, -0.15) is 11.8 Å². The Labute approximate surface area is 108 Å². The van der Waals surface area contributed by atoms with Gasteiger partial charge in [-0.1, -0.05) is 0 Å². The average molecular weight is 279 g/mol. The van der Waals surface area contributed by atoms with E-state index in [1.54, 1.807) is 0 Å². The standard InChI is InChI=1S/C11H21NO3S2/c1-9-11(2-5-15-9)16-6-4-12-10-3-7-17(13,14)8-10/h9-12H,2-8H2,1H3. The maximum absolute atomic E-state index is 11.3. The van der Waals surface area contributed by atoms with Crippen LogP contribution in [-0.2, 0) is 14.6 Å². The van der Waals surface area contributed by atoms with Crippen LogP contribution in [0, 0.1) is 0 Å². The van der Waals surface area contributed by atoms with Crippen molar-refractivity contribution in [1.82, 2.24) is 5.32 Å². The summed E-state index contributed by atoms with van der Waals surface area (Å²) in [6.07, 6.45) is 2.28. The highest BCUT2D eigenvalue weighted by Gasteiger charge is 2.27. The molecule has 2 saturated heterocycles. The Morgan fingerprint density at radius 1 is 1.41 bits per heavy atom. The van der Waals surface area contributed by atoms with Crippen LogP contribution in [0.5, 0.6) is 0 Å². The molecule has 3 atom stereocenters. The average Bonchev–Trinajstić information content (AvgIpc) is 2.80. The van der Waals surface area contributed by atoms with Gasteiger partial charge in [-0.15, -0.1) is 0 Å². The van der Waals surface area contributed by atoms with Crippen molar-refractivity contribution < 1.29 is 13.2 Å². The fraction of sp³-hybridized carbons (Fsp3) is 1.00. The molecule has 2 heterocycles. The molecule has 2 fully saturated rings. The summed E-state index contributed by atoms with van der Waals surface area (Å²) in [5.41, 5.74) is 0. The molecule has 2 aliphatic heterocycles. The van der Waals surface area contributed by atoms with E-state index in [1.807, 2.05) is 11.8 Å². The number of rotatable bonds is 5. The zero-order valence-electron chi connectivity index (χ0n) is 10.2. The second kappa shape index (κ2) is 5.91. The van der Waals surface area contributed by atoms with E-state index in [4.69, 9.17) is 4.74 Å². The summed E-state index contributed by atoms with van der Waals surface area (Å²) in [7, 11) is -2.75. The lowest BCUT2D eigenvalue weighted by Crippen LogP contribution is -2.32. The number of nitrogens with one attached hydrogen (secondary N) is 1. The minimum atomic E-state index is -2.75. The van der Waals surface area contributed by atoms with E-state index in [9.17, 15) is 8.42 Å². The van der Waals surface area contributed by atoms with E-state index in [2.05, 4.69) is 12.2 Å². The van der Waals surface area contributed by atoms with E-state index in [0.29, 0.717) is 22.9 Å². The predicted molar refractivity (Wildman–Crippen MR) is 71.3 cm³/mol. The van der Waals surface area contributed by atoms with E-state index in [1.165, 1.54) is 0 Å². The minimum absolute atomic E-state index is 0.179. The number of hydrogen-bond acceptors (Lipinski definition) is 5. The molecule has 6 heteroatoms. The quantitative estimate of drug-likeness (QED) is 0.750. The molecule has 0 saturated carbocycles. The highest BCUT2D eigenvalue weighted by molar-refractivity contribution is 8.00. The van der Waals surface area contributed by atoms with Crippen molar-refractivity contribution in [3.05, 3.63) is 0 Å². The molecule has 2 rings (SSSR count). The van der Waals surface area contributed by atoms with Gasteiger partial charge in [0.1, 0.15) is 0 Å². The highest BCUT2D eigenvalue weighted by Crippen LogP contribution is 2.25. The molecule has 0 aromatic heterocycles. The highest BCUT2D eigenvalue weighted by atomic mass is 32.2. The Bertz CT molecular complexity index is 345. The molecule has 0 aliphatic carbocycles. The fourth-order valence-corrected chi connectivity index (χ4v) is 5.22. The molecule has 17 heavy (non-hydrogen) atoms. The van der Waals surface area contributed by atoms with Crippen LogP contribution in [0.1, 0.15) is 19.8 Å². The summed E-state index contributed by atoms with van der Waals surface area (Å²) in [5, 5.41) is 3.95. The van der Waals surface area contributed by atoms with Crippen molar-refractivity contribution in [3.8, 4) is 0 Å². The number of thioether (sulfide) groups is 1. The second-order valence-electron chi connectivity index (χ2n) is 4.83. The monoisotopic (exact) mass is 279 g/mol. The lowest BCUT2D eigenvalue weighted by atomic mass is 10.3. The van der Waals surface area contributed by atoms with Crippen LogP contribution >= 0.6 is 11.8 Å². The van der Waals surface area contributed by atoms with Gasteiger partial charge in [0.05, 0.1) is 17.6 Å². The molecule has 0 aromatic carbocycles. The molecular weight excluding hydrogens is 258 g/mol. The molecule has 0 amide bonds. The molecule has 1 N–H and O–H groups in total. The van der Waals surface area contributed by atoms with Crippen molar-refractivity contribution in [1.29, 1.82) is 0 Å². The number of hydrogen-bond donors (Lipinski definition) is 1. The zero-order chi connectivity index (χ0) is 12.3. The van der Waals surface area contributed by atoms with Crippen molar-refractivity contribution in [2.45, 2.75) is 37.2 Å². The van der Waals surface area contributed by atoms with E-state index in [0.717, 1.165) is 31.7 Å². The minimum Gasteiger partial charge on any atom is -0.377 e. The van der Waals surface area contributed by atoms with Gasteiger partial charge in [-0.3, -0.25) is 0 Å². The number of sulfone groups is 1. The van der Waals surface area contributed by atoms with Gasteiger partial charge < -0.3 is 10.1 Å². The van der Waals surface area contributed by atoms with Crippen LogP contribution in [0.15, 0.2) is 0 Å². The summed E-state index contributed by atoms with van der Waals surface area (Å²) in [6.45, 7) is 3.91. The molecule has 100 valence electrons. The first-order valence-corrected chi connectivity index (χ1v) is 9.11. The maximum Gasteiger partial charge on any atom is 0.151 e. The van der Waals surface area contributed by atoms with Gasteiger partial charge in [-0.05, 0) is 19.8 Å². The van der Waals surface area contributed by atoms with E-state index >= 15 is 0 Å². The van der Waals surface area contributed by atoms with Crippen LogP contribution in [0.4, 0.5) is 0 Å². The maximum atomic E-state index is 11.3. The third-order valence-corrected chi connectivity index (χ3v) is 6.66. The Balaban J connectivity index is 1.58.